The number of sulfonamides is 1. The zero-order valence-corrected chi connectivity index (χ0v) is 16.1. The Morgan fingerprint density at radius 3 is 2.35 bits per heavy atom. The van der Waals surface area contributed by atoms with E-state index in [0.717, 1.165) is 11.1 Å². The van der Waals surface area contributed by atoms with E-state index in [0.29, 0.717) is 0 Å². The molecule has 0 saturated heterocycles. The van der Waals surface area contributed by atoms with E-state index in [-0.39, 0.29) is 16.7 Å². The molecule has 6 nitrogen and oxygen atoms in total. The van der Waals surface area contributed by atoms with Crippen LogP contribution in [0.4, 0.5) is 0 Å². The lowest BCUT2D eigenvalue weighted by Gasteiger charge is -2.19. The normalized spacial score (nSPS) is 13.7. The molecule has 7 heteroatoms. The lowest BCUT2D eigenvalue weighted by Crippen LogP contribution is -2.45. The molecule has 2 N–H and O–H groups in total. The van der Waals surface area contributed by atoms with Crippen LogP contribution in [-0.4, -0.2) is 27.5 Å². The number of benzene rings is 2. The Morgan fingerprint density at radius 2 is 1.73 bits per heavy atom. The summed E-state index contributed by atoms with van der Waals surface area (Å²) in [4.78, 5) is 12.4. The molecule has 0 aliphatic carbocycles. The zero-order valence-electron chi connectivity index (χ0n) is 15.3. The van der Waals surface area contributed by atoms with Gasteiger partial charge in [-0.05, 0) is 44.0 Å². The van der Waals surface area contributed by atoms with Crippen LogP contribution in [0, 0.1) is 6.92 Å². The summed E-state index contributed by atoms with van der Waals surface area (Å²) in [5.41, 5.74) is 1.72. The van der Waals surface area contributed by atoms with Crippen molar-refractivity contribution in [3.63, 3.8) is 0 Å². The second kappa shape index (κ2) is 8.33. The van der Waals surface area contributed by atoms with Gasteiger partial charge in [0.1, 0.15) is 10.6 Å². The van der Waals surface area contributed by atoms with Crippen molar-refractivity contribution < 1.29 is 17.9 Å². The van der Waals surface area contributed by atoms with E-state index in [1.165, 1.54) is 20.1 Å². The third-order valence-corrected chi connectivity index (χ3v) is 5.55. The predicted molar refractivity (Wildman–Crippen MR) is 101 cm³/mol. The highest BCUT2D eigenvalue weighted by atomic mass is 32.2. The third kappa shape index (κ3) is 4.83. The fourth-order valence-electron chi connectivity index (χ4n) is 2.51. The number of methoxy groups -OCH3 is 1. The van der Waals surface area contributed by atoms with Gasteiger partial charge in [-0.1, -0.05) is 36.4 Å². The van der Waals surface area contributed by atoms with Gasteiger partial charge < -0.3 is 10.1 Å². The molecule has 0 bridgehead atoms. The van der Waals surface area contributed by atoms with Crippen LogP contribution in [0.1, 0.15) is 31.0 Å². The number of carbonyl (C=O) groups excluding carboxylic acids is 1. The number of hydrogen-bond acceptors (Lipinski definition) is 4. The first-order valence-electron chi connectivity index (χ1n) is 8.27. The van der Waals surface area contributed by atoms with Gasteiger partial charge in [0.25, 0.3) is 0 Å². The number of ether oxygens (including phenoxy) is 1. The first-order valence-corrected chi connectivity index (χ1v) is 9.75. The van der Waals surface area contributed by atoms with E-state index in [9.17, 15) is 13.2 Å². The lowest BCUT2D eigenvalue weighted by atomic mass is 10.1. The van der Waals surface area contributed by atoms with Crippen molar-refractivity contribution in [3.05, 3.63) is 59.7 Å². The van der Waals surface area contributed by atoms with Gasteiger partial charge in [0, 0.05) is 0 Å². The van der Waals surface area contributed by atoms with Crippen LogP contribution in [0.25, 0.3) is 0 Å². The minimum Gasteiger partial charge on any atom is -0.495 e. The molecular weight excluding hydrogens is 352 g/mol. The van der Waals surface area contributed by atoms with E-state index < -0.39 is 22.0 Å². The first-order chi connectivity index (χ1) is 12.2. The molecule has 0 saturated carbocycles. The summed E-state index contributed by atoms with van der Waals surface area (Å²) >= 11 is 0. The topological polar surface area (TPSA) is 84.5 Å². The van der Waals surface area contributed by atoms with E-state index >= 15 is 0 Å². The van der Waals surface area contributed by atoms with Gasteiger partial charge in [-0.15, -0.1) is 0 Å². The average molecular weight is 376 g/mol. The number of carbonyl (C=O) groups is 1. The van der Waals surface area contributed by atoms with Gasteiger partial charge in [0.05, 0.1) is 19.2 Å². The van der Waals surface area contributed by atoms with Gasteiger partial charge in [-0.3, -0.25) is 4.79 Å². The second-order valence-electron chi connectivity index (χ2n) is 6.14. The maximum atomic E-state index is 12.7. The monoisotopic (exact) mass is 376 g/mol. The van der Waals surface area contributed by atoms with Crippen molar-refractivity contribution in [1.82, 2.24) is 10.0 Å². The Hall–Kier alpha value is -2.38. The molecule has 2 aromatic rings. The molecule has 0 aromatic heterocycles. The molecule has 0 heterocycles. The van der Waals surface area contributed by atoms with E-state index in [4.69, 9.17) is 4.74 Å². The van der Waals surface area contributed by atoms with Crippen molar-refractivity contribution in [3.8, 4) is 5.75 Å². The fourth-order valence-corrected chi connectivity index (χ4v) is 3.96. The summed E-state index contributed by atoms with van der Waals surface area (Å²) in [6.45, 7) is 5.14. The lowest BCUT2D eigenvalue weighted by molar-refractivity contribution is -0.123. The summed E-state index contributed by atoms with van der Waals surface area (Å²) in [6.07, 6.45) is 0. The molecule has 26 heavy (non-hydrogen) atoms. The molecule has 0 radical (unpaired) electrons. The number of nitrogens with one attached hydrogen (secondary N) is 2. The maximum absolute atomic E-state index is 12.7. The van der Waals surface area contributed by atoms with Crippen molar-refractivity contribution >= 4 is 15.9 Å². The van der Waals surface area contributed by atoms with Gasteiger partial charge in [-0.2, -0.15) is 4.72 Å². The fraction of sp³-hybridized carbons (Fsp3) is 0.316. The molecular formula is C19H24N2O4S. The Bertz CT molecular complexity index is 866. The summed E-state index contributed by atoms with van der Waals surface area (Å²) in [7, 11) is -2.50. The molecule has 2 aromatic carbocycles. The van der Waals surface area contributed by atoms with Crippen LogP contribution in [0.3, 0.4) is 0 Å². The van der Waals surface area contributed by atoms with Crippen LogP contribution in [-0.2, 0) is 14.8 Å². The molecule has 2 atom stereocenters. The maximum Gasteiger partial charge on any atom is 0.244 e. The summed E-state index contributed by atoms with van der Waals surface area (Å²) in [5, 5.41) is 2.81. The van der Waals surface area contributed by atoms with Crippen LogP contribution < -0.4 is 14.8 Å². The molecule has 0 spiro atoms. The highest BCUT2D eigenvalue weighted by Crippen LogP contribution is 2.24. The average Bonchev–Trinajstić information content (AvgIpc) is 2.62. The van der Waals surface area contributed by atoms with Crippen molar-refractivity contribution in [2.45, 2.75) is 37.8 Å². The van der Waals surface area contributed by atoms with Crippen molar-refractivity contribution in [2.24, 2.45) is 0 Å². The van der Waals surface area contributed by atoms with Crippen LogP contribution in [0.2, 0.25) is 0 Å². The quantitative estimate of drug-likeness (QED) is 0.778. The smallest absolute Gasteiger partial charge is 0.244 e. The number of aryl methyl sites for hydroxylation is 1. The standard InChI is InChI=1S/C19H24N2O4S/c1-13-10-11-17(25-4)18(12-13)26(23,24)21-15(3)19(22)20-14(2)16-8-6-5-7-9-16/h5-12,14-15,21H,1-4H3,(H,20,22)/t14-,15+/m0/s1. The highest BCUT2D eigenvalue weighted by Gasteiger charge is 2.26. The Morgan fingerprint density at radius 1 is 1.08 bits per heavy atom. The van der Waals surface area contributed by atoms with Gasteiger partial charge >= 0.3 is 0 Å². The molecule has 2 rings (SSSR count). The molecule has 0 aliphatic heterocycles. The first kappa shape index (κ1) is 19.9. The summed E-state index contributed by atoms with van der Waals surface area (Å²) in [5.74, 6) is -0.176. The largest absolute Gasteiger partial charge is 0.495 e. The molecule has 0 aliphatic rings. The second-order valence-corrected chi connectivity index (χ2v) is 7.82. The minimum atomic E-state index is -3.91. The molecule has 0 fully saturated rings. The van der Waals surface area contributed by atoms with Gasteiger partial charge in [0.2, 0.25) is 15.9 Å². The number of rotatable bonds is 7. The number of amides is 1. The zero-order chi connectivity index (χ0) is 19.3. The van der Waals surface area contributed by atoms with E-state index in [1.54, 1.807) is 19.1 Å². The van der Waals surface area contributed by atoms with E-state index in [1.807, 2.05) is 37.3 Å². The van der Waals surface area contributed by atoms with Crippen LogP contribution in [0.15, 0.2) is 53.4 Å². The van der Waals surface area contributed by atoms with E-state index in [2.05, 4.69) is 10.0 Å². The molecule has 0 unspecified atom stereocenters. The Balaban J connectivity index is 2.11. The van der Waals surface area contributed by atoms with Crippen molar-refractivity contribution in [2.75, 3.05) is 7.11 Å². The Kier molecular flexibility index (Phi) is 6.39. The predicted octanol–water partition coefficient (Wildman–Crippen LogP) is 2.55. The number of hydrogen-bond donors (Lipinski definition) is 2. The van der Waals surface area contributed by atoms with Crippen LogP contribution in [0.5, 0.6) is 5.75 Å². The van der Waals surface area contributed by atoms with Gasteiger partial charge in [0.15, 0.2) is 0 Å². The van der Waals surface area contributed by atoms with Gasteiger partial charge in [-0.25, -0.2) is 8.42 Å². The Labute approximate surface area is 154 Å². The molecule has 1 amide bonds. The summed E-state index contributed by atoms with van der Waals surface area (Å²) in [6, 6.07) is 13.2. The van der Waals surface area contributed by atoms with Crippen molar-refractivity contribution in [1.29, 1.82) is 0 Å². The molecule has 140 valence electrons. The minimum absolute atomic E-state index is 0.00996. The highest BCUT2D eigenvalue weighted by molar-refractivity contribution is 7.89. The SMILES string of the molecule is COc1ccc(C)cc1S(=O)(=O)N[C@H](C)C(=O)N[C@@H](C)c1ccccc1. The van der Waals surface area contributed by atoms with Crippen LogP contribution >= 0.6 is 0 Å². The third-order valence-electron chi connectivity index (χ3n) is 3.99. The summed E-state index contributed by atoms with van der Waals surface area (Å²) < 4.78 is 32.9.